The molecule has 140 valence electrons. The molecule has 2 rings (SSSR count). The number of unbranched alkanes of at least 4 members (excludes halogenated alkanes) is 9. The van der Waals surface area contributed by atoms with E-state index in [0.29, 0.717) is 18.9 Å². The van der Waals surface area contributed by atoms with Crippen LogP contribution in [0.3, 0.4) is 0 Å². The van der Waals surface area contributed by atoms with Gasteiger partial charge in [-0.15, -0.1) is 0 Å². The minimum Gasteiger partial charge on any atom is -0.491 e. The Morgan fingerprint density at radius 3 is 2.20 bits per heavy atom. The first-order valence-corrected chi connectivity index (χ1v) is 10.3. The van der Waals surface area contributed by atoms with Crippen molar-refractivity contribution in [3.05, 3.63) is 30.3 Å². The zero-order valence-corrected chi connectivity index (χ0v) is 15.9. The first kappa shape index (κ1) is 19.8. The van der Waals surface area contributed by atoms with Crippen molar-refractivity contribution < 1.29 is 9.53 Å². The number of rotatable bonds is 14. The smallest absolute Gasteiger partial charge is 0.223 e. The van der Waals surface area contributed by atoms with Gasteiger partial charge in [-0.3, -0.25) is 4.79 Å². The summed E-state index contributed by atoms with van der Waals surface area (Å²) in [5.74, 6) is 1.19. The zero-order valence-electron chi connectivity index (χ0n) is 15.9. The lowest BCUT2D eigenvalue weighted by atomic mass is 10.1. The number of nitrogens with zero attached hydrogens (tertiary/aromatic N) is 1. The van der Waals surface area contributed by atoms with Gasteiger partial charge in [0.05, 0.1) is 6.04 Å². The van der Waals surface area contributed by atoms with Gasteiger partial charge in [-0.05, 0) is 18.6 Å². The summed E-state index contributed by atoms with van der Waals surface area (Å²) >= 11 is 0. The van der Waals surface area contributed by atoms with Gasteiger partial charge in [0.2, 0.25) is 5.91 Å². The van der Waals surface area contributed by atoms with Crippen LogP contribution in [0.15, 0.2) is 30.3 Å². The predicted molar refractivity (Wildman–Crippen MR) is 104 cm³/mol. The number of amides is 1. The van der Waals surface area contributed by atoms with Gasteiger partial charge in [-0.25, -0.2) is 0 Å². The maximum Gasteiger partial charge on any atom is 0.223 e. The van der Waals surface area contributed by atoms with Crippen molar-refractivity contribution in [1.29, 1.82) is 0 Å². The van der Waals surface area contributed by atoms with E-state index in [1.165, 1.54) is 57.8 Å². The molecule has 1 aromatic carbocycles. The van der Waals surface area contributed by atoms with Gasteiger partial charge in [0, 0.05) is 13.0 Å². The van der Waals surface area contributed by atoms with Crippen LogP contribution in [0.2, 0.25) is 0 Å². The van der Waals surface area contributed by atoms with Gasteiger partial charge in [-0.2, -0.15) is 0 Å². The third-order valence-electron chi connectivity index (χ3n) is 4.96. The second-order valence-corrected chi connectivity index (χ2v) is 7.26. The number of ether oxygens (including phenoxy) is 1. The molecule has 1 aromatic rings. The quantitative estimate of drug-likeness (QED) is 0.325. The molecule has 1 amide bonds. The third-order valence-corrected chi connectivity index (χ3v) is 4.96. The molecular weight excluding hydrogens is 310 g/mol. The fraction of sp³-hybridized carbons (Fsp3) is 0.682. The molecule has 0 spiro atoms. The van der Waals surface area contributed by atoms with Crippen molar-refractivity contribution in [3.8, 4) is 5.75 Å². The Bertz CT molecular complexity index is 474. The number of benzene rings is 1. The Hall–Kier alpha value is -1.51. The summed E-state index contributed by atoms with van der Waals surface area (Å²) in [5, 5.41) is 0. The molecule has 3 nitrogen and oxygen atoms in total. The minimum absolute atomic E-state index is 0.288. The van der Waals surface area contributed by atoms with Gasteiger partial charge in [0.1, 0.15) is 12.4 Å². The molecule has 1 atom stereocenters. The Kier molecular flexibility index (Phi) is 9.46. The third kappa shape index (κ3) is 8.42. The summed E-state index contributed by atoms with van der Waals surface area (Å²) in [6.07, 6.45) is 13.8. The van der Waals surface area contributed by atoms with E-state index in [1.54, 1.807) is 0 Å². The van der Waals surface area contributed by atoms with E-state index >= 15 is 0 Å². The van der Waals surface area contributed by atoms with Gasteiger partial charge < -0.3 is 9.64 Å². The van der Waals surface area contributed by atoms with Crippen LogP contribution in [0.1, 0.15) is 77.6 Å². The highest BCUT2D eigenvalue weighted by Gasteiger charge is 2.38. The van der Waals surface area contributed by atoms with Crippen LogP contribution in [0.25, 0.3) is 0 Å². The molecule has 1 saturated heterocycles. The van der Waals surface area contributed by atoms with E-state index in [1.807, 2.05) is 35.2 Å². The molecule has 0 radical (unpaired) electrons. The van der Waals surface area contributed by atoms with E-state index in [2.05, 4.69) is 6.92 Å². The lowest BCUT2D eigenvalue weighted by Gasteiger charge is -2.07. The highest BCUT2D eigenvalue weighted by atomic mass is 16.5. The average molecular weight is 346 g/mol. The Morgan fingerprint density at radius 1 is 0.960 bits per heavy atom. The molecule has 1 aliphatic heterocycles. The number of hydrogen-bond acceptors (Lipinski definition) is 2. The summed E-state index contributed by atoms with van der Waals surface area (Å²) in [7, 11) is 0. The molecule has 0 unspecified atom stereocenters. The first-order chi connectivity index (χ1) is 12.3. The number of hydrogen-bond donors (Lipinski definition) is 0. The van der Waals surface area contributed by atoms with Gasteiger partial charge in [0.25, 0.3) is 0 Å². The van der Waals surface area contributed by atoms with Crippen LogP contribution in [0.4, 0.5) is 0 Å². The Morgan fingerprint density at radius 2 is 1.56 bits per heavy atom. The highest BCUT2D eigenvalue weighted by molar-refractivity contribution is 5.78. The minimum atomic E-state index is 0.288. The van der Waals surface area contributed by atoms with Crippen LogP contribution >= 0.6 is 0 Å². The highest BCUT2D eigenvalue weighted by Crippen LogP contribution is 2.21. The summed E-state index contributed by atoms with van der Waals surface area (Å²) in [6, 6.07) is 10.1. The standard InChI is InChI=1S/C22H35NO2/c1-2-3-4-5-6-7-8-9-10-14-17-22(24)23-18-20(23)19-25-21-15-12-11-13-16-21/h11-13,15-16,20H,2-10,14,17-19H2,1H3/t20-,23?/m0/s1. The second-order valence-electron chi connectivity index (χ2n) is 7.26. The Balaban J connectivity index is 1.41. The van der Waals surface area contributed by atoms with Gasteiger partial charge in [0.15, 0.2) is 0 Å². The Labute approximate surface area is 153 Å². The first-order valence-electron chi connectivity index (χ1n) is 10.3. The van der Waals surface area contributed by atoms with Crippen molar-refractivity contribution in [2.75, 3.05) is 13.2 Å². The molecule has 1 fully saturated rings. The van der Waals surface area contributed by atoms with Crippen LogP contribution < -0.4 is 4.74 Å². The van der Waals surface area contributed by atoms with Crippen LogP contribution in [0, 0.1) is 0 Å². The molecule has 0 saturated carbocycles. The lowest BCUT2D eigenvalue weighted by Crippen LogP contribution is -2.17. The van der Waals surface area contributed by atoms with E-state index in [0.717, 1.165) is 18.7 Å². The summed E-state index contributed by atoms with van der Waals surface area (Å²) in [5.41, 5.74) is 0. The number of carbonyl (C=O) groups is 1. The SMILES string of the molecule is CCCCCCCCCCCCC(=O)N1C[C@H]1COc1ccccc1. The molecule has 0 N–H and O–H groups in total. The summed E-state index contributed by atoms with van der Waals surface area (Å²) in [6.45, 7) is 3.75. The van der Waals surface area contributed by atoms with E-state index < -0.39 is 0 Å². The largest absolute Gasteiger partial charge is 0.491 e. The van der Waals surface area contributed by atoms with Crippen molar-refractivity contribution >= 4 is 5.91 Å². The van der Waals surface area contributed by atoms with Crippen molar-refractivity contribution in [2.45, 2.75) is 83.6 Å². The fourth-order valence-electron chi connectivity index (χ4n) is 3.24. The fourth-order valence-corrected chi connectivity index (χ4v) is 3.24. The average Bonchev–Trinajstić information content (AvgIpc) is 3.42. The summed E-state index contributed by atoms with van der Waals surface area (Å²) in [4.78, 5) is 14.1. The molecular formula is C22H35NO2. The molecule has 0 aliphatic carbocycles. The van der Waals surface area contributed by atoms with Crippen molar-refractivity contribution in [1.82, 2.24) is 4.90 Å². The second kappa shape index (κ2) is 11.9. The van der Waals surface area contributed by atoms with Crippen LogP contribution in [0.5, 0.6) is 5.75 Å². The molecule has 1 aliphatic rings. The number of carbonyl (C=O) groups excluding carboxylic acids is 1. The van der Waals surface area contributed by atoms with Crippen LogP contribution in [-0.2, 0) is 4.79 Å². The maximum atomic E-state index is 12.1. The molecule has 1 heterocycles. The van der Waals surface area contributed by atoms with E-state index in [9.17, 15) is 4.79 Å². The maximum absolute atomic E-state index is 12.1. The molecule has 0 bridgehead atoms. The lowest BCUT2D eigenvalue weighted by molar-refractivity contribution is -0.126. The molecule has 3 heteroatoms. The normalized spacial score (nSPS) is 16.0. The topological polar surface area (TPSA) is 29.3 Å². The molecule has 0 aromatic heterocycles. The summed E-state index contributed by atoms with van der Waals surface area (Å²) < 4.78 is 5.72. The van der Waals surface area contributed by atoms with Crippen molar-refractivity contribution in [2.24, 2.45) is 0 Å². The molecule has 25 heavy (non-hydrogen) atoms. The monoisotopic (exact) mass is 345 g/mol. The van der Waals surface area contributed by atoms with Crippen LogP contribution in [-0.4, -0.2) is 30.0 Å². The van der Waals surface area contributed by atoms with Gasteiger partial charge in [-0.1, -0.05) is 82.9 Å². The zero-order chi connectivity index (χ0) is 17.7. The van der Waals surface area contributed by atoms with Crippen molar-refractivity contribution in [3.63, 3.8) is 0 Å². The van der Waals surface area contributed by atoms with Gasteiger partial charge >= 0.3 is 0 Å². The van der Waals surface area contributed by atoms with E-state index in [4.69, 9.17) is 4.74 Å². The predicted octanol–water partition coefficient (Wildman–Crippen LogP) is 5.59. The van der Waals surface area contributed by atoms with E-state index in [-0.39, 0.29) is 6.04 Å². The number of para-hydroxylation sites is 1.